The average Bonchev–Trinajstić information content (AvgIpc) is 2.82. The molecule has 0 atom stereocenters. The van der Waals surface area contributed by atoms with Crippen molar-refractivity contribution in [1.82, 2.24) is 9.62 Å². The van der Waals surface area contributed by atoms with Gasteiger partial charge in [0.2, 0.25) is 10.0 Å². The number of carbonyl (C=O) groups is 1. The van der Waals surface area contributed by atoms with Gasteiger partial charge in [-0.1, -0.05) is 39.0 Å². The summed E-state index contributed by atoms with van der Waals surface area (Å²) in [6.45, 7) is 8.03. The first-order chi connectivity index (χ1) is 15.3. The predicted molar refractivity (Wildman–Crippen MR) is 132 cm³/mol. The van der Waals surface area contributed by atoms with Crippen molar-refractivity contribution in [3.05, 3.63) is 58.7 Å². The Hall–Kier alpha value is -1.83. The monoisotopic (exact) mass is 474 g/mol. The fourth-order valence-electron chi connectivity index (χ4n) is 4.07. The van der Waals surface area contributed by atoms with E-state index >= 15 is 0 Å². The Kier molecular flexibility index (Phi) is 8.42. The van der Waals surface area contributed by atoms with E-state index in [1.54, 1.807) is 12.1 Å². The van der Waals surface area contributed by atoms with Crippen LogP contribution in [-0.4, -0.2) is 38.6 Å². The molecule has 0 unspecified atom stereocenters. The van der Waals surface area contributed by atoms with Crippen LogP contribution in [0.2, 0.25) is 0 Å². The van der Waals surface area contributed by atoms with Crippen LogP contribution in [0.3, 0.4) is 0 Å². The Morgan fingerprint density at radius 1 is 1.06 bits per heavy atom. The summed E-state index contributed by atoms with van der Waals surface area (Å²) in [6, 6.07) is 11.1. The molecule has 1 fully saturated rings. The lowest BCUT2D eigenvalue weighted by Gasteiger charge is -2.30. The third kappa shape index (κ3) is 5.74. The summed E-state index contributed by atoms with van der Waals surface area (Å²) in [4.78, 5) is 16.0. The van der Waals surface area contributed by atoms with Crippen LogP contribution in [0.25, 0.3) is 0 Å². The van der Waals surface area contributed by atoms with Crippen LogP contribution in [0.4, 0.5) is 0 Å². The van der Waals surface area contributed by atoms with Gasteiger partial charge in [-0.05, 0) is 72.7 Å². The molecular weight excluding hydrogens is 440 g/mol. The molecule has 2 aromatic carbocycles. The molecular formula is C25H34N2O3S2. The number of thioether (sulfide) groups is 1. The lowest BCUT2D eigenvalue weighted by atomic mass is 9.98. The van der Waals surface area contributed by atoms with Crippen molar-refractivity contribution < 1.29 is 13.2 Å². The number of nitrogens with zero attached hydrogens (tertiary/aromatic N) is 1. The highest BCUT2D eigenvalue weighted by Crippen LogP contribution is 2.27. The maximum Gasteiger partial charge on any atom is 0.255 e. The van der Waals surface area contributed by atoms with E-state index in [4.69, 9.17) is 0 Å². The summed E-state index contributed by atoms with van der Waals surface area (Å²) in [5.41, 5.74) is 3.79. The van der Waals surface area contributed by atoms with Gasteiger partial charge in [-0.3, -0.25) is 4.79 Å². The standard InChI is InChI=1S/C25H34N2O3S2/c1-5-19-7-8-20(6-2)21(15-19)17-26-32(29,30)22-9-10-24(31-4)23(16-22)25(28)27-13-11-18(3)12-14-27/h7-10,15-16,18,26H,5-6,11-14,17H2,1-4H3. The number of hydrogen-bond donors (Lipinski definition) is 1. The van der Waals surface area contributed by atoms with Crippen LogP contribution < -0.4 is 4.72 Å². The van der Waals surface area contributed by atoms with Crippen LogP contribution in [0.1, 0.15) is 60.7 Å². The Labute approximate surface area is 197 Å². The second-order valence-corrected chi connectivity index (χ2v) is 11.1. The van der Waals surface area contributed by atoms with Crippen molar-refractivity contribution >= 4 is 27.7 Å². The molecule has 1 heterocycles. The van der Waals surface area contributed by atoms with E-state index in [9.17, 15) is 13.2 Å². The van der Waals surface area contributed by atoms with E-state index in [1.165, 1.54) is 23.4 Å². The Bertz CT molecular complexity index is 1060. The van der Waals surface area contributed by atoms with Crippen molar-refractivity contribution in [3.8, 4) is 0 Å². The number of benzene rings is 2. The van der Waals surface area contributed by atoms with E-state index < -0.39 is 10.0 Å². The maximum atomic E-state index is 13.2. The van der Waals surface area contributed by atoms with Crippen LogP contribution in [0.5, 0.6) is 0 Å². The number of rotatable bonds is 8. The van der Waals surface area contributed by atoms with Gasteiger partial charge in [0.15, 0.2) is 0 Å². The molecule has 0 spiro atoms. The molecule has 2 aromatic rings. The molecule has 1 amide bonds. The van der Waals surface area contributed by atoms with Gasteiger partial charge in [0.25, 0.3) is 5.91 Å². The molecule has 1 aliphatic rings. The molecule has 0 radical (unpaired) electrons. The number of likely N-dealkylation sites (tertiary alicyclic amines) is 1. The third-order valence-corrected chi connectivity index (χ3v) is 8.49. The summed E-state index contributed by atoms with van der Waals surface area (Å²) < 4.78 is 29.0. The van der Waals surface area contributed by atoms with Gasteiger partial charge in [0.05, 0.1) is 10.5 Å². The number of carbonyl (C=O) groups excluding carboxylic acids is 1. The lowest BCUT2D eigenvalue weighted by Crippen LogP contribution is -2.38. The zero-order chi connectivity index (χ0) is 23.3. The van der Waals surface area contributed by atoms with Gasteiger partial charge in [-0.15, -0.1) is 11.8 Å². The van der Waals surface area contributed by atoms with Crippen LogP contribution in [0, 0.1) is 5.92 Å². The molecule has 0 aromatic heterocycles. The van der Waals surface area contributed by atoms with Gasteiger partial charge in [0.1, 0.15) is 0 Å². The fraction of sp³-hybridized carbons (Fsp3) is 0.480. The second-order valence-electron chi connectivity index (χ2n) is 8.47. The molecule has 174 valence electrons. The quantitative estimate of drug-likeness (QED) is 0.554. The molecule has 3 rings (SSSR count). The number of aryl methyl sites for hydroxylation is 2. The predicted octanol–water partition coefficient (Wildman–Crippen LogP) is 4.88. The molecule has 0 aliphatic carbocycles. The van der Waals surface area contributed by atoms with Crippen LogP contribution in [0.15, 0.2) is 46.2 Å². The minimum absolute atomic E-state index is 0.0813. The highest BCUT2D eigenvalue weighted by Gasteiger charge is 2.25. The summed E-state index contributed by atoms with van der Waals surface area (Å²) in [6.07, 6.45) is 5.62. The highest BCUT2D eigenvalue weighted by molar-refractivity contribution is 7.98. The Morgan fingerprint density at radius 2 is 1.78 bits per heavy atom. The summed E-state index contributed by atoms with van der Waals surface area (Å²) in [5.74, 6) is 0.538. The molecule has 0 saturated carbocycles. The largest absolute Gasteiger partial charge is 0.339 e. The normalized spacial score (nSPS) is 15.2. The van der Waals surface area contributed by atoms with Crippen molar-refractivity contribution in [1.29, 1.82) is 0 Å². The van der Waals surface area contributed by atoms with Gasteiger partial charge in [-0.25, -0.2) is 13.1 Å². The molecule has 1 aliphatic heterocycles. The maximum absolute atomic E-state index is 13.2. The van der Waals surface area contributed by atoms with E-state index in [0.29, 0.717) is 11.5 Å². The number of nitrogens with one attached hydrogen (secondary N) is 1. The van der Waals surface area contributed by atoms with Crippen molar-refractivity contribution in [2.75, 3.05) is 19.3 Å². The highest BCUT2D eigenvalue weighted by atomic mass is 32.2. The van der Waals surface area contributed by atoms with Gasteiger partial charge >= 0.3 is 0 Å². The zero-order valence-electron chi connectivity index (χ0n) is 19.5. The van der Waals surface area contributed by atoms with Crippen molar-refractivity contribution in [3.63, 3.8) is 0 Å². The van der Waals surface area contributed by atoms with E-state index in [-0.39, 0.29) is 17.3 Å². The molecule has 1 saturated heterocycles. The lowest BCUT2D eigenvalue weighted by molar-refractivity contribution is 0.0693. The molecule has 0 bridgehead atoms. The van der Waals surface area contributed by atoms with Crippen molar-refractivity contribution in [2.24, 2.45) is 5.92 Å². The number of amides is 1. The van der Waals surface area contributed by atoms with Crippen LogP contribution >= 0.6 is 11.8 Å². The Balaban J connectivity index is 1.84. The summed E-state index contributed by atoms with van der Waals surface area (Å²) in [7, 11) is -3.75. The first-order valence-electron chi connectivity index (χ1n) is 11.4. The fourth-order valence-corrected chi connectivity index (χ4v) is 5.67. The molecule has 1 N–H and O–H groups in total. The first-order valence-corrected chi connectivity index (χ1v) is 14.1. The zero-order valence-corrected chi connectivity index (χ0v) is 21.1. The smallest absolute Gasteiger partial charge is 0.255 e. The SMILES string of the molecule is CCc1ccc(CC)c(CNS(=O)(=O)c2ccc(SC)c(C(=O)N3CCC(C)CC3)c2)c1. The Morgan fingerprint density at radius 3 is 2.41 bits per heavy atom. The number of piperidine rings is 1. The van der Waals surface area contributed by atoms with Gasteiger partial charge in [-0.2, -0.15) is 0 Å². The minimum atomic E-state index is -3.75. The second kappa shape index (κ2) is 10.9. The molecule has 7 heteroatoms. The summed E-state index contributed by atoms with van der Waals surface area (Å²) >= 11 is 1.46. The van der Waals surface area contributed by atoms with Crippen LogP contribution in [-0.2, 0) is 29.4 Å². The van der Waals surface area contributed by atoms with E-state index in [0.717, 1.165) is 54.8 Å². The topological polar surface area (TPSA) is 66.5 Å². The van der Waals surface area contributed by atoms with Gasteiger partial charge in [0, 0.05) is 24.5 Å². The van der Waals surface area contributed by atoms with E-state index in [1.807, 2.05) is 11.2 Å². The molecule has 5 nitrogen and oxygen atoms in total. The minimum Gasteiger partial charge on any atom is -0.339 e. The third-order valence-electron chi connectivity index (χ3n) is 6.29. The average molecular weight is 475 g/mol. The summed E-state index contributed by atoms with van der Waals surface area (Å²) in [5, 5.41) is 0. The number of hydrogen-bond acceptors (Lipinski definition) is 4. The number of sulfonamides is 1. The van der Waals surface area contributed by atoms with Crippen molar-refractivity contribution in [2.45, 2.75) is 62.8 Å². The van der Waals surface area contributed by atoms with Gasteiger partial charge < -0.3 is 4.90 Å². The molecule has 32 heavy (non-hydrogen) atoms. The first kappa shape index (κ1) is 24.8. The van der Waals surface area contributed by atoms with E-state index in [2.05, 4.69) is 43.7 Å².